The Balaban J connectivity index is 1.72. The van der Waals surface area contributed by atoms with Gasteiger partial charge in [-0.25, -0.2) is 10.1 Å². The number of carbonyl (C=O) groups excluding carboxylic acids is 1. The Morgan fingerprint density at radius 1 is 1.29 bits per heavy atom. The summed E-state index contributed by atoms with van der Waals surface area (Å²) in [5, 5.41) is 9.14. The van der Waals surface area contributed by atoms with Crippen LogP contribution in [0.5, 0.6) is 0 Å². The van der Waals surface area contributed by atoms with Crippen molar-refractivity contribution in [3.05, 3.63) is 63.4 Å². The highest BCUT2D eigenvalue weighted by molar-refractivity contribution is 6.30. The van der Waals surface area contributed by atoms with Crippen molar-refractivity contribution in [1.29, 1.82) is 0 Å². The smallest absolute Gasteiger partial charge is 0.272 e. The number of H-pyrrole nitrogens is 1. The fraction of sp³-hybridized carbons (Fsp3) is 0.0769. The molecule has 8 heteroatoms. The molecular formula is C13H10ClN5O2. The van der Waals surface area contributed by atoms with Crippen molar-refractivity contribution in [3.63, 3.8) is 0 Å². The third kappa shape index (κ3) is 2.92. The van der Waals surface area contributed by atoms with E-state index in [0.717, 1.165) is 5.65 Å². The number of nitrogens with zero attached hydrogens (tertiary/aromatic N) is 3. The van der Waals surface area contributed by atoms with Crippen LogP contribution in [-0.4, -0.2) is 25.5 Å². The van der Waals surface area contributed by atoms with Crippen molar-refractivity contribution in [1.82, 2.24) is 24.9 Å². The first-order valence-corrected chi connectivity index (χ1v) is 6.47. The zero-order valence-electron chi connectivity index (χ0n) is 10.7. The van der Waals surface area contributed by atoms with Crippen LogP contribution in [-0.2, 0) is 6.54 Å². The molecule has 0 radical (unpaired) electrons. The third-order valence-corrected chi connectivity index (χ3v) is 3.03. The van der Waals surface area contributed by atoms with E-state index in [-0.39, 0.29) is 23.7 Å². The predicted molar refractivity (Wildman–Crippen MR) is 76.2 cm³/mol. The average molecular weight is 304 g/mol. The molecule has 0 spiro atoms. The second-order valence-electron chi connectivity index (χ2n) is 4.33. The lowest BCUT2D eigenvalue weighted by atomic mass is 10.3. The Morgan fingerprint density at radius 2 is 2.14 bits per heavy atom. The molecule has 1 amide bonds. The molecule has 0 fully saturated rings. The lowest BCUT2D eigenvalue weighted by molar-refractivity contribution is 0.0944. The van der Waals surface area contributed by atoms with Gasteiger partial charge >= 0.3 is 0 Å². The topological polar surface area (TPSA) is 92.2 Å². The van der Waals surface area contributed by atoms with Crippen LogP contribution in [0.25, 0.3) is 5.65 Å². The number of fused-ring (bicyclic) bond motifs is 1. The lowest BCUT2D eigenvalue weighted by Gasteiger charge is -2.01. The number of halogens is 1. The van der Waals surface area contributed by atoms with Crippen LogP contribution in [0.15, 0.2) is 41.5 Å². The average Bonchev–Trinajstić information content (AvgIpc) is 2.87. The van der Waals surface area contributed by atoms with Gasteiger partial charge in [0, 0.05) is 18.5 Å². The summed E-state index contributed by atoms with van der Waals surface area (Å²) in [5.74, 6) is -0.388. The lowest BCUT2D eigenvalue weighted by Crippen LogP contribution is -2.25. The predicted octanol–water partition coefficient (Wildman–Crippen LogP) is 1.00. The molecule has 0 aliphatic carbocycles. The highest BCUT2D eigenvalue weighted by Crippen LogP contribution is 2.11. The standard InChI is InChI=1S/C13H10ClN5O2/c14-8-1-3-11-16-9(7-19(11)6-8)5-15-13(21)10-2-4-12(20)18-17-10/h1-4,6-7H,5H2,(H,15,21)(H,18,20). The zero-order valence-corrected chi connectivity index (χ0v) is 11.5. The fourth-order valence-corrected chi connectivity index (χ4v) is 2.00. The SMILES string of the molecule is O=C(NCc1cn2cc(Cl)ccc2n1)c1ccc(=O)[nH]n1. The summed E-state index contributed by atoms with van der Waals surface area (Å²) in [7, 11) is 0. The Bertz CT molecular complexity index is 850. The quantitative estimate of drug-likeness (QED) is 0.755. The van der Waals surface area contributed by atoms with Crippen molar-refractivity contribution in [2.75, 3.05) is 0 Å². The van der Waals surface area contributed by atoms with Gasteiger partial charge in [-0.3, -0.25) is 9.59 Å². The van der Waals surface area contributed by atoms with Crippen molar-refractivity contribution in [2.45, 2.75) is 6.54 Å². The molecule has 3 rings (SSSR count). The maximum atomic E-state index is 11.8. The summed E-state index contributed by atoms with van der Waals surface area (Å²) in [4.78, 5) is 27.1. The second-order valence-corrected chi connectivity index (χ2v) is 4.77. The van der Waals surface area contributed by atoms with Gasteiger partial charge in [0.1, 0.15) is 11.3 Å². The Kier molecular flexibility index (Phi) is 3.41. The number of imidazole rings is 1. The number of hydrogen-bond acceptors (Lipinski definition) is 4. The zero-order chi connectivity index (χ0) is 14.8. The summed E-state index contributed by atoms with van der Waals surface area (Å²) in [5.41, 5.74) is 1.21. The van der Waals surface area contributed by atoms with Crippen molar-refractivity contribution < 1.29 is 4.79 Å². The Morgan fingerprint density at radius 3 is 2.90 bits per heavy atom. The molecule has 0 aliphatic heterocycles. The number of pyridine rings is 1. The van der Waals surface area contributed by atoms with E-state index in [9.17, 15) is 9.59 Å². The van der Waals surface area contributed by atoms with Gasteiger partial charge in [-0.15, -0.1) is 0 Å². The molecule has 3 aromatic rings. The molecule has 0 aliphatic rings. The molecule has 106 valence electrons. The van der Waals surface area contributed by atoms with Gasteiger partial charge in [0.25, 0.3) is 11.5 Å². The molecule has 7 nitrogen and oxygen atoms in total. The van der Waals surface area contributed by atoms with Crippen LogP contribution < -0.4 is 10.9 Å². The van der Waals surface area contributed by atoms with Crippen LogP contribution in [0.3, 0.4) is 0 Å². The Hall–Kier alpha value is -2.67. The van der Waals surface area contributed by atoms with Gasteiger partial charge in [0.05, 0.1) is 17.3 Å². The van der Waals surface area contributed by atoms with E-state index in [0.29, 0.717) is 10.7 Å². The van der Waals surface area contributed by atoms with Gasteiger partial charge in [0.2, 0.25) is 0 Å². The number of hydrogen-bond donors (Lipinski definition) is 2. The first-order chi connectivity index (χ1) is 10.1. The van der Waals surface area contributed by atoms with Crippen LogP contribution in [0.2, 0.25) is 5.02 Å². The molecule has 0 unspecified atom stereocenters. The van der Waals surface area contributed by atoms with Gasteiger partial charge in [-0.2, -0.15) is 5.10 Å². The van der Waals surface area contributed by atoms with Gasteiger partial charge in [-0.1, -0.05) is 11.6 Å². The van der Waals surface area contributed by atoms with Crippen LogP contribution in [0, 0.1) is 0 Å². The van der Waals surface area contributed by atoms with E-state index in [1.54, 1.807) is 28.9 Å². The highest BCUT2D eigenvalue weighted by atomic mass is 35.5. The largest absolute Gasteiger partial charge is 0.345 e. The first kappa shape index (κ1) is 13.3. The summed E-state index contributed by atoms with van der Waals surface area (Å²) >= 11 is 5.89. The minimum Gasteiger partial charge on any atom is -0.345 e. The molecule has 3 aromatic heterocycles. The van der Waals surface area contributed by atoms with Gasteiger partial charge in [0.15, 0.2) is 0 Å². The van der Waals surface area contributed by atoms with Gasteiger partial charge in [-0.05, 0) is 18.2 Å². The summed E-state index contributed by atoms with van der Waals surface area (Å²) < 4.78 is 1.78. The fourth-order valence-electron chi connectivity index (χ4n) is 1.83. The molecule has 0 atom stereocenters. The van der Waals surface area contributed by atoms with Crippen LogP contribution in [0.1, 0.15) is 16.2 Å². The minimum absolute atomic E-state index is 0.140. The van der Waals surface area contributed by atoms with Crippen LogP contribution >= 0.6 is 11.6 Å². The number of aromatic nitrogens is 4. The number of aromatic amines is 1. The number of amides is 1. The van der Waals surface area contributed by atoms with E-state index in [4.69, 9.17) is 11.6 Å². The van der Waals surface area contributed by atoms with E-state index in [2.05, 4.69) is 20.5 Å². The van der Waals surface area contributed by atoms with Crippen molar-refractivity contribution in [3.8, 4) is 0 Å². The molecule has 0 saturated carbocycles. The van der Waals surface area contributed by atoms with E-state index >= 15 is 0 Å². The van der Waals surface area contributed by atoms with Crippen molar-refractivity contribution in [2.24, 2.45) is 0 Å². The number of carbonyl (C=O) groups is 1. The molecule has 3 heterocycles. The van der Waals surface area contributed by atoms with E-state index in [1.807, 2.05) is 0 Å². The van der Waals surface area contributed by atoms with Gasteiger partial charge < -0.3 is 9.72 Å². The molecule has 21 heavy (non-hydrogen) atoms. The molecule has 0 saturated heterocycles. The highest BCUT2D eigenvalue weighted by Gasteiger charge is 2.08. The van der Waals surface area contributed by atoms with Crippen LogP contribution in [0.4, 0.5) is 0 Å². The van der Waals surface area contributed by atoms with Crippen molar-refractivity contribution >= 4 is 23.2 Å². The van der Waals surface area contributed by atoms with E-state index in [1.165, 1.54) is 12.1 Å². The molecule has 0 aromatic carbocycles. The normalized spacial score (nSPS) is 10.7. The first-order valence-electron chi connectivity index (χ1n) is 6.09. The van der Waals surface area contributed by atoms with E-state index < -0.39 is 0 Å². The third-order valence-electron chi connectivity index (χ3n) is 2.81. The minimum atomic E-state index is -0.388. The number of nitrogens with one attached hydrogen (secondary N) is 2. The maximum Gasteiger partial charge on any atom is 0.272 e. The Labute approximate surface area is 123 Å². The second kappa shape index (κ2) is 5.37. The molecule has 0 bridgehead atoms. The monoisotopic (exact) mass is 303 g/mol. The summed E-state index contributed by atoms with van der Waals surface area (Å²) in [6, 6.07) is 6.14. The number of rotatable bonds is 3. The summed E-state index contributed by atoms with van der Waals surface area (Å²) in [6.45, 7) is 0.249. The summed E-state index contributed by atoms with van der Waals surface area (Å²) in [6.07, 6.45) is 3.51. The molecular weight excluding hydrogens is 294 g/mol. The molecule has 2 N–H and O–H groups in total. The maximum absolute atomic E-state index is 11.8.